The second-order valence-electron chi connectivity index (χ2n) is 9.10. The average Bonchev–Trinajstić information content (AvgIpc) is 3.13. The largest absolute Gasteiger partial charge is 0.379 e. The number of fused-ring (bicyclic) bond motifs is 1. The molecule has 0 radical (unpaired) electrons. The summed E-state index contributed by atoms with van der Waals surface area (Å²) in [6, 6.07) is 4.79. The van der Waals surface area contributed by atoms with Gasteiger partial charge in [0, 0.05) is 43.7 Å². The number of hydrogen-bond donors (Lipinski definition) is 0. The van der Waals surface area contributed by atoms with Gasteiger partial charge in [-0.05, 0) is 38.3 Å². The Bertz CT molecular complexity index is 1070. The van der Waals surface area contributed by atoms with Crippen molar-refractivity contribution in [3.63, 3.8) is 0 Å². The van der Waals surface area contributed by atoms with E-state index < -0.39 is 0 Å². The lowest BCUT2D eigenvalue weighted by Crippen LogP contribution is -2.56. The summed E-state index contributed by atoms with van der Waals surface area (Å²) >= 11 is 6.71. The first-order valence-corrected chi connectivity index (χ1v) is 11.3. The summed E-state index contributed by atoms with van der Waals surface area (Å²) in [6.07, 6.45) is 9.45. The topological polar surface area (TPSA) is 51.3 Å². The number of halogens is 1. The summed E-state index contributed by atoms with van der Waals surface area (Å²) in [4.78, 5) is 4.99. The molecule has 8 heteroatoms. The van der Waals surface area contributed by atoms with Gasteiger partial charge in [-0.1, -0.05) is 11.6 Å². The molecule has 158 valence electrons. The number of anilines is 1. The van der Waals surface area contributed by atoms with Crippen molar-refractivity contribution in [1.82, 2.24) is 24.5 Å². The Labute approximate surface area is 181 Å². The number of benzene rings is 1. The Morgan fingerprint density at radius 1 is 1.10 bits per heavy atom. The Kier molecular flexibility index (Phi) is 4.34. The summed E-state index contributed by atoms with van der Waals surface area (Å²) < 4.78 is 9.71. The molecule has 2 saturated heterocycles. The smallest absolute Gasteiger partial charge is 0.103 e. The minimum atomic E-state index is 0.181. The maximum Gasteiger partial charge on any atom is 0.103 e. The van der Waals surface area contributed by atoms with Crippen LogP contribution in [0.5, 0.6) is 0 Å². The van der Waals surface area contributed by atoms with E-state index in [1.807, 2.05) is 23.1 Å². The lowest BCUT2D eigenvalue weighted by Gasteiger charge is -2.44. The minimum absolute atomic E-state index is 0.181. The lowest BCUT2D eigenvalue weighted by atomic mass is 9.98. The number of hydrogen-bond acceptors (Lipinski definition) is 5. The van der Waals surface area contributed by atoms with Crippen molar-refractivity contribution in [1.29, 1.82) is 0 Å². The molecule has 30 heavy (non-hydrogen) atoms. The van der Waals surface area contributed by atoms with Gasteiger partial charge in [0.05, 0.1) is 47.5 Å². The molecule has 0 amide bonds. The number of aromatic nitrogens is 4. The molecule has 0 N–H and O–H groups in total. The Balaban J connectivity index is 1.27. The number of piperazine rings is 1. The van der Waals surface area contributed by atoms with Gasteiger partial charge < -0.3 is 9.64 Å². The van der Waals surface area contributed by atoms with Gasteiger partial charge in [0.2, 0.25) is 0 Å². The number of ether oxygens (including phenoxy) is 1. The normalized spacial score (nSPS) is 25.5. The maximum atomic E-state index is 6.71. The third kappa shape index (κ3) is 3.11. The van der Waals surface area contributed by atoms with E-state index in [2.05, 4.69) is 43.9 Å². The lowest BCUT2D eigenvalue weighted by molar-refractivity contribution is 0.0745. The molecule has 1 saturated carbocycles. The molecule has 2 aromatic heterocycles. The zero-order valence-electron chi connectivity index (χ0n) is 17.3. The van der Waals surface area contributed by atoms with Crippen molar-refractivity contribution in [3.8, 4) is 5.69 Å². The molecule has 0 bridgehead atoms. The van der Waals surface area contributed by atoms with Gasteiger partial charge in [0.25, 0.3) is 0 Å². The Hall–Kier alpha value is -2.09. The molecule has 1 atom stereocenters. The van der Waals surface area contributed by atoms with E-state index in [4.69, 9.17) is 16.3 Å². The van der Waals surface area contributed by atoms with Crippen LogP contribution in [0.25, 0.3) is 16.6 Å². The standard InChI is InChI=1S/C22H27ClN6O/c1-22(4-9-30-15-22)27-7-5-26(6-8-27)21-11-20-16(10-19(21)23)12-25-29(20)18-13-24-28(14-18)17-2-3-17/h10-14,17H,2-9,15H2,1H3/t22-/m1/s1. The van der Waals surface area contributed by atoms with E-state index in [0.717, 1.165) is 73.1 Å². The zero-order valence-corrected chi connectivity index (χ0v) is 18.1. The molecule has 1 aromatic carbocycles. The van der Waals surface area contributed by atoms with Gasteiger partial charge in [-0.3, -0.25) is 9.58 Å². The van der Waals surface area contributed by atoms with E-state index in [1.54, 1.807) is 0 Å². The predicted molar refractivity (Wildman–Crippen MR) is 118 cm³/mol. The highest BCUT2D eigenvalue weighted by molar-refractivity contribution is 6.34. The van der Waals surface area contributed by atoms with Crippen LogP contribution in [0.3, 0.4) is 0 Å². The molecule has 3 fully saturated rings. The SMILES string of the molecule is C[C@@]1(N2CCN(c3cc4c(cnn4-c4cnn(C5CC5)c4)cc3Cl)CC2)CCOC1. The van der Waals surface area contributed by atoms with E-state index in [0.29, 0.717) is 6.04 Å². The van der Waals surface area contributed by atoms with Gasteiger partial charge in [0.15, 0.2) is 0 Å². The first-order valence-electron chi connectivity index (χ1n) is 10.9. The molecule has 7 nitrogen and oxygen atoms in total. The third-order valence-electron chi connectivity index (χ3n) is 6.97. The molecule has 3 aliphatic rings. The fourth-order valence-electron chi connectivity index (χ4n) is 4.85. The molecule has 0 unspecified atom stereocenters. The third-order valence-corrected chi connectivity index (χ3v) is 7.27. The molecule has 2 aliphatic heterocycles. The van der Waals surface area contributed by atoms with Crippen LogP contribution in [0.15, 0.2) is 30.7 Å². The van der Waals surface area contributed by atoms with E-state index in [-0.39, 0.29) is 5.54 Å². The van der Waals surface area contributed by atoms with Crippen molar-refractivity contribution in [2.75, 3.05) is 44.3 Å². The predicted octanol–water partition coefficient (Wildman–Crippen LogP) is 3.51. The van der Waals surface area contributed by atoms with Gasteiger partial charge in [-0.25, -0.2) is 4.68 Å². The number of nitrogens with zero attached hydrogens (tertiary/aromatic N) is 6. The maximum absolute atomic E-state index is 6.71. The highest BCUT2D eigenvalue weighted by Gasteiger charge is 2.37. The van der Waals surface area contributed by atoms with Crippen molar-refractivity contribution in [3.05, 3.63) is 35.7 Å². The Morgan fingerprint density at radius 2 is 1.93 bits per heavy atom. The van der Waals surface area contributed by atoms with Crippen molar-refractivity contribution in [2.45, 2.75) is 37.8 Å². The van der Waals surface area contributed by atoms with Crippen LogP contribution >= 0.6 is 11.6 Å². The molecule has 3 aromatic rings. The second kappa shape index (κ2) is 6.97. The highest BCUT2D eigenvalue weighted by atomic mass is 35.5. The van der Waals surface area contributed by atoms with Crippen LogP contribution in [-0.2, 0) is 4.74 Å². The minimum Gasteiger partial charge on any atom is -0.379 e. The Morgan fingerprint density at radius 3 is 2.67 bits per heavy atom. The van der Waals surface area contributed by atoms with Crippen molar-refractivity contribution >= 4 is 28.2 Å². The van der Waals surface area contributed by atoms with E-state index in [9.17, 15) is 0 Å². The quantitative estimate of drug-likeness (QED) is 0.639. The van der Waals surface area contributed by atoms with Crippen LogP contribution in [0.1, 0.15) is 32.2 Å². The molecule has 4 heterocycles. The highest BCUT2D eigenvalue weighted by Crippen LogP contribution is 2.36. The van der Waals surface area contributed by atoms with Gasteiger partial charge in [0.1, 0.15) is 5.69 Å². The summed E-state index contributed by atoms with van der Waals surface area (Å²) in [5.74, 6) is 0. The molecule has 0 spiro atoms. The van der Waals surface area contributed by atoms with Gasteiger partial charge >= 0.3 is 0 Å². The fourth-order valence-corrected chi connectivity index (χ4v) is 5.14. The summed E-state index contributed by atoms with van der Waals surface area (Å²) in [5, 5.41) is 11.0. The van der Waals surface area contributed by atoms with Gasteiger partial charge in [-0.15, -0.1) is 0 Å². The van der Waals surface area contributed by atoms with Crippen LogP contribution in [0.2, 0.25) is 5.02 Å². The molecular weight excluding hydrogens is 400 g/mol. The first kappa shape index (κ1) is 18.7. The van der Waals surface area contributed by atoms with Gasteiger partial charge in [-0.2, -0.15) is 10.2 Å². The molecular formula is C22H27ClN6O. The fraction of sp³-hybridized carbons (Fsp3) is 0.545. The molecule has 1 aliphatic carbocycles. The van der Waals surface area contributed by atoms with Crippen molar-refractivity contribution in [2.24, 2.45) is 0 Å². The zero-order chi connectivity index (χ0) is 20.3. The first-order chi connectivity index (χ1) is 14.6. The number of rotatable bonds is 4. The summed E-state index contributed by atoms with van der Waals surface area (Å²) in [6.45, 7) is 8.04. The second-order valence-corrected chi connectivity index (χ2v) is 9.51. The van der Waals surface area contributed by atoms with Crippen LogP contribution in [-0.4, -0.2) is 69.4 Å². The average molecular weight is 427 g/mol. The van der Waals surface area contributed by atoms with E-state index >= 15 is 0 Å². The summed E-state index contributed by atoms with van der Waals surface area (Å²) in [5.41, 5.74) is 3.35. The van der Waals surface area contributed by atoms with Crippen LogP contribution < -0.4 is 4.90 Å². The monoisotopic (exact) mass is 426 g/mol. The van der Waals surface area contributed by atoms with Crippen LogP contribution in [0.4, 0.5) is 5.69 Å². The molecule has 6 rings (SSSR count). The van der Waals surface area contributed by atoms with Crippen LogP contribution in [0, 0.1) is 0 Å². The van der Waals surface area contributed by atoms with E-state index in [1.165, 1.54) is 12.8 Å². The van der Waals surface area contributed by atoms with Crippen molar-refractivity contribution < 1.29 is 4.74 Å². The summed E-state index contributed by atoms with van der Waals surface area (Å²) in [7, 11) is 0.